The van der Waals surface area contributed by atoms with Gasteiger partial charge in [-0.3, -0.25) is 4.79 Å². The summed E-state index contributed by atoms with van der Waals surface area (Å²) in [5, 5.41) is 12.3. The molecule has 0 spiro atoms. The first-order chi connectivity index (χ1) is 13.6. The predicted octanol–water partition coefficient (Wildman–Crippen LogP) is 2.06. The van der Waals surface area contributed by atoms with Crippen molar-refractivity contribution in [2.24, 2.45) is 0 Å². The van der Waals surface area contributed by atoms with Crippen molar-refractivity contribution < 1.29 is 9.90 Å². The third-order valence-electron chi connectivity index (χ3n) is 5.83. The molecule has 1 amide bonds. The number of carbonyl (C=O) groups is 1. The van der Waals surface area contributed by atoms with E-state index in [9.17, 15) is 9.90 Å². The number of piperidine rings is 1. The molecule has 8 nitrogen and oxygen atoms in total. The molecule has 0 aromatic carbocycles. The minimum absolute atomic E-state index is 0.0193. The fraction of sp³-hybridized carbons (Fsp3) is 0.600. The number of amides is 1. The molecule has 2 aromatic heterocycles. The van der Waals surface area contributed by atoms with Gasteiger partial charge in [0.2, 0.25) is 5.91 Å². The second-order valence-corrected chi connectivity index (χ2v) is 7.74. The number of hydrogen-bond donors (Lipinski definition) is 2. The zero-order valence-electron chi connectivity index (χ0n) is 16.6. The average Bonchev–Trinajstić information content (AvgIpc) is 3.11. The standard InChI is InChI=1S/C20H28N6O2/c1-3-15-11-26(8-9-27)19(23-15)14-4-6-25(7-5-14)20-17-13(2)10-16(28)24-18(17)21-12-22-20/h11-14,27H,3-10H2,1-2H3,(H,21,22,24,28). The van der Waals surface area contributed by atoms with E-state index in [2.05, 4.69) is 44.8 Å². The fourth-order valence-corrected chi connectivity index (χ4v) is 4.37. The lowest BCUT2D eigenvalue weighted by atomic mass is 9.92. The molecule has 1 saturated heterocycles. The number of nitrogens with zero attached hydrogens (tertiary/aromatic N) is 5. The van der Waals surface area contributed by atoms with Crippen molar-refractivity contribution in [2.75, 3.05) is 29.9 Å². The first-order valence-corrected chi connectivity index (χ1v) is 10.2. The van der Waals surface area contributed by atoms with Crippen LogP contribution in [-0.2, 0) is 17.8 Å². The van der Waals surface area contributed by atoms with Crippen LogP contribution in [0.5, 0.6) is 0 Å². The van der Waals surface area contributed by atoms with Gasteiger partial charge in [-0.1, -0.05) is 13.8 Å². The molecule has 0 aliphatic carbocycles. The van der Waals surface area contributed by atoms with Crippen molar-refractivity contribution in [3.05, 3.63) is 29.6 Å². The summed E-state index contributed by atoms with van der Waals surface area (Å²) in [5.74, 6) is 3.22. The van der Waals surface area contributed by atoms with Crippen LogP contribution < -0.4 is 10.2 Å². The zero-order valence-corrected chi connectivity index (χ0v) is 16.6. The maximum Gasteiger partial charge on any atom is 0.226 e. The summed E-state index contributed by atoms with van der Waals surface area (Å²) < 4.78 is 2.11. The van der Waals surface area contributed by atoms with Crippen LogP contribution >= 0.6 is 0 Å². The first kappa shape index (κ1) is 18.9. The number of nitrogens with one attached hydrogen (secondary N) is 1. The van der Waals surface area contributed by atoms with Crippen LogP contribution in [0.3, 0.4) is 0 Å². The highest BCUT2D eigenvalue weighted by Crippen LogP contribution is 2.38. The number of aromatic nitrogens is 4. The molecule has 150 valence electrons. The average molecular weight is 384 g/mol. The van der Waals surface area contributed by atoms with Gasteiger partial charge in [0.25, 0.3) is 0 Å². The number of carbonyl (C=O) groups excluding carboxylic acids is 1. The van der Waals surface area contributed by atoms with E-state index in [1.165, 1.54) is 0 Å². The highest BCUT2D eigenvalue weighted by molar-refractivity contribution is 5.94. The summed E-state index contributed by atoms with van der Waals surface area (Å²) in [5.41, 5.74) is 2.14. The highest BCUT2D eigenvalue weighted by atomic mass is 16.3. The van der Waals surface area contributed by atoms with Crippen LogP contribution in [0.25, 0.3) is 0 Å². The van der Waals surface area contributed by atoms with Crippen LogP contribution in [-0.4, -0.2) is 50.2 Å². The fourth-order valence-electron chi connectivity index (χ4n) is 4.37. The lowest BCUT2D eigenvalue weighted by molar-refractivity contribution is -0.116. The quantitative estimate of drug-likeness (QED) is 0.819. The summed E-state index contributed by atoms with van der Waals surface area (Å²) in [6.07, 6.45) is 6.97. The van der Waals surface area contributed by atoms with Gasteiger partial charge in [-0.25, -0.2) is 15.0 Å². The largest absolute Gasteiger partial charge is 0.395 e. The molecule has 1 fully saturated rings. The Balaban J connectivity index is 1.52. The molecule has 1 unspecified atom stereocenters. The molecule has 2 aliphatic rings. The van der Waals surface area contributed by atoms with Crippen LogP contribution in [0.15, 0.2) is 12.5 Å². The number of aryl methyl sites for hydroxylation is 1. The molecule has 28 heavy (non-hydrogen) atoms. The third-order valence-corrected chi connectivity index (χ3v) is 5.83. The van der Waals surface area contributed by atoms with Crippen molar-refractivity contribution in [2.45, 2.75) is 57.9 Å². The summed E-state index contributed by atoms with van der Waals surface area (Å²) in [4.78, 5) is 27.8. The Hall–Kier alpha value is -2.48. The minimum atomic E-state index is 0.0193. The van der Waals surface area contributed by atoms with Crippen LogP contribution in [0.1, 0.15) is 62.0 Å². The number of hydrogen-bond acceptors (Lipinski definition) is 6. The van der Waals surface area contributed by atoms with E-state index in [4.69, 9.17) is 4.98 Å². The molecule has 8 heteroatoms. The predicted molar refractivity (Wildman–Crippen MR) is 107 cm³/mol. The zero-order chi connectivity index (χ0) is 19.7. The summed E-state index contributed by atoms with van der Waals surface area (Å²) in [6.45, 7) is 6.68. The number of anilines is 2. The molecule has 1 atom stereocenters. The monoisotopic (exact) mass is 384 g/mol. The molecule has 0 radical (unpaired) electrons. The van der Waals surface area contributed by atoms with Gasteiger partial charge in [0.1, 0.15) is 23.8 Å². The topological polar surface area (TPSA) is 96.2 Å². The van der Waals surface area contributed by atoms with Crippen LogP contribution in [0.4, 0.5) is 11.6 Å². The molecule has 4 heterocycles. The van der Waals surface area contributed by atoms with E-state index in [0.717, 1.165) is 55.3 Å². The van der Waals surface area contributed by atoms with Crippen molar-refractivity contribution in [3.63, 3.8) is 0 Å². The number of fused-ring (bicyclic) bond motifs is 1. The number of rotatable bonds is 5. The lowest BCUT2D eigenvalue weighted by Crippen LogP contribution is -2.36. The van der Waals surface area contributed by atoms with E-state index >= 15 is 0 Å². The number of aliphatic hydroxyl groups excluding tert-OH is 1. The van der Waals surface area contributed by atoms with Crippen molar-refractivity contribution in [1.82, 2.24) is 19.5 Å². The summed E-state index contributed by atoms with van der Waals surface area (Å²) in [6, 6.07) is 0. The second-order valence-electron chi connectivity index (χ2n) is 7.74. The Morgan fingerprint density at radius 3 is 2.79 bits per heavy atom. The number of imidazole rings is 1. The Morgan fingerprint density at radius 2 is 2.07 bits per heavy atom. The van der Waals surface area contributed by atoms with Crippen molar-refractivity contribution in [3.8, 4) is 0 Å². The highest BCUT2D eigenvalue weighted by Gasteiger charge is 2.31. The molecular formula is C20H28N6O2. The maximum absolute atomic E-state index is 11.8. The molecule has 0 saturated carbocycles. The SMILES string of the molecule is CCc1cn(CCO)c(C2CCN(c3ncnc4c3C(C)CC(=O)N4)CC2)n1. The second kappa shape index (κ2) is 7.87. The normalized spacial score (nSPS) is 20.2. The smallest absolute Gasteiger partial charge is 0.226 e. The summed E-state index contributed by atoms with van der Waals surface area (Å²) >= 11 is 0. The van der Waals surface area contributed by atoms with Crippen molar-refractivity contribution in [1.29, 1.82) is 0 Å². The van der Waals surface area contributed by atoms with Gasteiger partial charge in [-0.2, -0.15) is 0 Å². The lowest BCUT2D eigenvalue weighted by Gasteiger charge is -2.35. The van der Waals surface area contributed by atoms with Gasteiger partial charge < -0.3 is 19.9 Å². The minimum Gasteiger partial charge on any atom is -0.395 e. The first-order valence-electron chi connectivity index (χ1n) is 10.2. The van der Waals surface area contributed by atoms with Crippen molar-refractivity contribution >= 4 is 17.5 Å². The van der Waals surface area contributed by atoms with Crippen LogP contribution in [0.2, 0.25) is 0 Å². The van der Waals surface area contributed by atoms with E-state index < -0.39 is 0 Å². The van der Waals surface area contributed by atoms with Gasteiger partial charge in [-0.05, 0) is 25.2 Å². The molecular weight excluding hydrogens is 356 g/mol. The Kier molecular flexibility index (Phi) is 5.30. The van der Waals surface area contributed by atoms with Gasteiger partial charge in [0, 0.05) is 43.7 Å². The molecule has 2 N–H and O–H groups in total. The molecule has 2 aromatic rings. The van der Waals surface area contributed by atoms with E-state index in [-0.39, 0.29) is 18.4 Å². The molecule has 0 bridgehead atoms. The molecule has 2 aliphatic heterocycles. The van der Waals surface area contributed by atoms with Gasteiger partial charge >= 0.3 is 0 Å². The van der Waals surface area contributed by atoms with Gasteiger partial charge in [-0.15, -0.1) is 0 Å². The Labute approximate surface area is 165 Å². The van der Waals surface area contributed by atoms with E-state index in [1.807, 2.05) is 0 Å². The Bertz CT molecular complexity index is 856. The number of aliphatic hydroxyl groups is 1. The van der Waals surface area contributed by atoms with Gasteiger partial charge in [0.15, 0.2) is 0 Å². The maximum atomic E-state index is 11.8. The van der Waals surface area contributed by atoms with E-state index in [1.54, 1.807) is 6.33 Å². The molecule has 4 rings (SSSR count). The third kappa shape index (κ3) is 3.48. The van der Waals surface area contributed by atoms with Crippen LogP contribution in [0, 0.1) is 0 Å². The Morgan fingerprint density at radius 1 is 1.29 bits per heavy atom. The summed E-state index contributed by atoms with van der Waals surface area (Å²) in [7, 11) is 0. The van der Waals surface area contributed by atoms with E-state index in [0.29, 0.717) is 24.7 Å². The van der Waals surface area contributed by atoms with Gasteiger partial charge in [0.05, 0.1) is 12.3 Å².